The van der Waals surface area contributed by atoms with Crippen molar-refractivity contribution in [2.75, 3.05) is 19.6 Å². The molecule has 0 unspecified atom stereocenters. The molecule has 0 aromatic carbocycles. The van der Waals surface area contributed by atoms with Crippen molar-refractivity contribution in [1.82, 2.24) is 24.6 Å². The summed E-state index contributed by atoms with van der Waals surface area (Å²) >= 11 is 0. The molecule has 1 aliphatic rings. The largest absolute Gasteiger partial charge is 0.299 e. The number of rotatable bonds is 7. The third kappa shape index (κ3) is 4.39. The van der Waals surface area contributed by atoms with E-state index in [9.17, 15) is 0 Å². The van der Waals surface area contributed by atoms with Gasteiger partial charge in [0, 0.05) is 56.9 Å². The van der Waals surface area contributed by atoms with Crippen molar-refractivity contribution in [2.24, 2.45) is 7.05 Å². The van der Waals surface area contributed by atoms with Crippen LogP contribution in [0.2, 0.25) is 0 Å². The van der Waals surface area contributed by atoms with Crippen molar-refractivity contribution >= 4 is 0 Å². The second-order valence-electron chi connectivity index (χ2n) is 6.47. The fourth-order valence-electron chi connectivity index (χ4n) is 3.56. The molecule has 23 heavy (non-hydrogen) atoms. The molecule has 3 rings (SSSR count). The molecule has 1 atom stereocenters. The highest BCUT2D eigenvalue weighted by molar-refractivity contribution is 5.11. The van der Waals surface area contributed by atoms with Crippen LogP contribution in [-0.2, 0) is 20.1 Å². The van der Waals surface area contributed by atoms with Gasteiger partial charge in [-0.2, -0.15) is 5.10 Å². The maximum atomic E-state index is 4.31. The van der Waals surface area contributed by atoms with Crippen molar-refractivity contribution < 1.29 is 0 Å². The smallest absolute Gasteiger partial charge is 0.0534 e. The molecule has 124 valence electrons. The molecule has 5 nitrogen and oxygen atoms in total. The molecule has 1 aliphatic heterocycles. The number of pyridine rings is 1. The van der Waals surface area contributed by atoms with Gasteiger partial charge in [-0.1, -0.05) is 6.92 Å². The Morgan fingerprint density at radius 2 is 2.00 bits per heavy atom. The molecule has 0 aliphatic carbocycles. The lowest BCUT2D eigenvalue weighted by atomic mass is 10.1. The molecule has 0 bridgehead atoms. The molecule has 3 heterocycles. The van der Waals surface area contributed by atoms with Crippen LogP contribution in [0.1, 0.15) is 30.9 Å². The number of hydrogen-bond acceptors (Lipinski definition) is 4. The lowest BCUT2D eigenvalue weighted by Crippen LogP contribution is -2.39. The second kappa shape index (κ2) is 7.70. The van der Waals surface area contributed by atoms with E-state index in [-0.39, 0.29) is 0 Å². The zero-order valence-electron chi connectivity index (χ0n) is 14.2. The van der Waals surface area contributed by atoms with Gasteiger partial charge in [0.2, 0.25) is 0 Å². The van der Waals surface area contributed by atoms with E-state index >= 15 is 0 Å². The fraction of sp³-hybridized carbons (Fsp3) is 0.556. The Hall–Kier alpha value is -1.72. The fourth-order valence-corrected chi connectivity index (χ4v) is 3.56. The predicted molar refractivity (Wildman–Crippen MR) is 91.8 cm³/mol. The lowest BCUT2D eigenvalue weighted by Gasteiger charge is -2.30. The van der Waals surface area contributed by atoms with Crippen LogP contribution < -0.4 is 0 Å². The van der Waals surface area contributed by atoms with E-state index in [4.69, 9.17) is 0 Å². The SMILES string of the molecule is CCN1CCC[C@@H]1CN(Cc1ccncc1)Cc1cnn(C)c1. The molecule has 0 spiro atoms. The normalized spacial score (nSPS) is 18.8. The Kier molecular flexibility index (Phi) is 5.41. The topological polar surface area (TPSA) is 37.2 Å². The first kappa shape index (κ1) is 16.1. The Bertz CT molecular complexity index is 594. The van der Waals surface area contributed by atoms with Crippen LogP contribution in [0.3, 0.4) is 0 Å². The van der Waals surface area contributed by atoms with Crippen LogP contribution >= 0.6 is 0 Å². The van der Waals surface area contributed by atoms with Crippen molar-refractivity contribution in [3.05, 3.63) is 48.0 Å². The van der Waals surface area contributed by atoms with Crippen LogP contribution in [0.15, 0.2) is 36.9 Å². The van der Waals surface area contributed by atoms with Crippen molar-refractivity contribution in [3.8, 4) is 0 Å². The minimum Gasteiger partial charge on any atom is -0.299 e. The standard InChI is InChI=1S/C18H27N5/c1-3-23-10-4-5-18(23)15-22(13-16-6-8-19-9-7-16)14-17-11-20-21(2)12-17/h6-9,11-12,18H,3-5,10,13-15H2,1-2H3/t18-/m1/s1. The van der Waals surface area contributed by atoms with E-state index in [1.54, 1.807) is 0 Å². The Morgan fingerprint density at radius 1 is 1.22 bits per heavy atom. The highest BCUT2D eigenvalue weighted by atomic mass is 15.3. The summed E-state index contributed by atoms with van der Waals surface area (Å²) in [4.78, 5) is 9.29. The van der Waals surface area contributed by atoms with E-state index in [2.05, 4.69) is 45.1 Å². The first-order valence-corrected chi connectivity index (χ1v) is 8.57. The average molecular weight is 313 g/mol. The molecule has 1 saturated heterocycles. The van der Waals surface area contributed by atoms with Gasteiger partial charge in [-0.15, -0.1) is 0 Å². The average Bonchev–Trinajstić information content (AvgIpc) is 3.17. The molecule has 1 fully saturated rings. The molecular formula is C18H27N5. The van der Waals surface area contributed by atoms with Gasteiger partial charge in [-0.05, 0) is 43.6 Å². The van der Waals surface area contributed by atoms with Gasteiger partial charge in [0.25, 0.3) is 0 Å². The number of likely N-dealkylation sites (N-methyl/N-ethyl adjacent to an activating group) is 1. The van der Waals surface area contributed by atoms with E-state index in [1.807, 2.05) is 30.3 Å². The van der Waals surface area contributed by atoms with Gasteiger partial charge < -0.3 is 0 Å². The molecule has 0 radical (unpaired) electrons. The Balaban J connectivity index is 1.69. The van der Waals surface area contributed by atoms with E-state index < -0.39 is 0 Å². The lowest BCUT2D eigenvalue weighted by molar-refractivity contribution is 0.166. The summed E-state index contributed by atoms with van der Waals surface area (Å²) in [6.07, 6.45) is 10.5. The minimum atomic E-state index is 0.679. The summed E-state index contributed by atoms with van der Waals surface area (Å²) in [6.45, 7) is 7.70. The van der Waals surface area contributed by atoms with Gasteiger partial charge in [0.1, 0.15) is 0 Å². The molecule has 0 saturated carbocycles. The quantitative estimate of drug-likeness (QED) is 0.786. The summed E-state index contributed by atoms with van der Waals surface area (Å²) in [5.74, 6) is 0. The highest BCUT2D eigenvalue weighted by Crippen LogP contribution is 2.20. The first-order chi connectivity index (χ1) is 11.2. The van der Waals surface area contributed by atoms with Crippen LogP contribution in [0, 0.1) is 0 Å². The minimum absolute atomic E-state index is 0.679. The maximum absolute atomic E-state index is 4.31. The van der Waals surface area contributed by atoms with E-state index in [0.29, 0.717) is 6.04 Å². The Morgan fingerprint density at radius 3 is 2.70 bits per heavy atom. The zero-order valence-corrected chi connectivity index (χ0v) is 14.2. The van der Waals surface area contributed by atoms with Crippen LogP contribution in [-0.4, -0.2) is 50.2 Å². The van der Waals surface area contributed by atoms with Gasteiger partial charge >= 0.3 is 0 Å². The van der Waals surface area contributed by atoms with E-state index in [1.165, 1.54) is 30.5 Å². The molecule has 0 N–H and O–H groups in total. The highest BCUT2D eigenvalue weighted by Gasteiger charge is 2.25. The van der Waals surface area contributed by atoms with Gasteiger partial charge in [-0.25, -0.2) is 0 Å². The number of aromatic nitrogens is 3. The summed E-state index contributed by atoms with van der Waals surface area (Å²) in [5.41, 5.74) is 2.60. The molecular weight excluding hydrogens is 286 g/mol. The van der Waals surface area contributed by atoms with Gasteiger partial charge in [-0.3, -0.25) is 19.5 Å². The number of hydrogen-bond donors (Lipinski definition) is 0. The van der Waals surface area contributed by atoms with Gasteiger partial charge in [0.05, 0.1) is 6.20 Å². The van der Waals surface area contributed by atoms with Crippen LogP contribution in [0.25, 0.3) is 0 Å². The van der Waals surface area contributed by atoms with Crippen LogP contribution in [0.4, 0.5) is 0 Å². The summed E-state index contributed by atoms with van der Waals surface area (Å²) in [7, 11) is 1.98. The summed E-state index contributed by atoms with van der Waals surface area (Å²) in [5, 5.41) is 4.31. The Labute approximate surface area is 138 Å². The third-order valence-corrected chi connectivity index (χ3v) is 4.69. The molecule has 5 heteroatoms. The van der Waals surface area contributed by atoms with E-state index in [0.717, 1.165) is 26.2 Å². The summed E-state index contributed by atoms with van der Waals surface area (Å²) in [6, 6.07) is 4.91. The number of aryl methyl sites for hydroxylation is 1. The van der Waals surface area contributed by atoms with Crippen LogP contribution in [0.5, 0.6) is 0 Å². The van der Waals surface area contributed by atoms with Crippen molar-refractivity contribution in [3.63, 3.8) is 0 Å². The van der Waals surface area contributed by atoms with Gasteiger partial charge in [0.15, 0.2) is 0 Å². The molecule has 2 aromatic heterocycles. The number of nitrogens with zero attached hydrogens (tertiary/aromatic N) is 5. The van der Waals surface area contributed by atoms with Crippen molar-refractivity contribution in [1.29, 1.82) is 0 Å². The molecule has 2 aromatic rings. The van der Waals surface area contributed by atoms with Crippen molar-refractivity contribution in [2.45, 2.75) is 38.9 Å². The second-order valence-corrected chi connectivity index (χ2v) is 6.47. The summed E-state index contributed by atoms with van der Waals surface area (Å²) < 4.78 is 1.88. The zero-order chi connectivity index (χ0) is 16.1. The monoisotopic (exact) mass is 313 g/mol. The maximum Gasteiger partial charge on any atom is 0.0534 e. The number of likely N-dealkylation sites (tertiary alicyclic amines) is 1. The third-order valence-electron chi connectivity index (χ3n) is 4.69. The predicted octanol–water partition coefficient (Wildman–Crippen LogP) is 2.30. The molecule has 0 amide bonds. The first-order valence-electron chi connectivity index (χ1n) is 8.57.